The Morgan fingerprint density at radius 3 is 2.95 bits per heavy atom. The van der Waals surface area contributed by atoms with Crippen LogP contribution in [0.25, 0.3) is 10.6 Å². The van der Waals surface area contributed by atoms with Gasteiger partial charge < -0.3 is 0 Å². The molecule has 0 radical (unpaired) electrons. The minimum atomic E-state index is -0.297. The van der Waals surface area contributed by atoms with Gasteiger partial charge in [0.25, 0.3) is 0 Å². The molecular weight excluding hydrogens is 300 g/mol. The molecule has 0 aliphatic carbocycles. The minimum Gasteiger partial charge on any atom is -0.283 e. The molecule has 1 N–H and O–H groups in total. The van der Waals surface area contributed by atoms with Crippen LogP contribution in [-0.2, 0) is 6.42 Å². The molecule has 0 aliphatic rings. The number of anilines is 1. The molecule has 3 heterocycles. The molecule has 1 amide bonds. The van der Waals surface area contributed by atoms with Crippen LogP contribution in [-0.4, -0.2) is 30.5 Å². The Hall–Kier alpha value is -2.61. The van der Waals surface area contributed by atoms with Crippen molar-refractivity contribution in [2.45, 2.75) is 20.3 Å². The number of aryl methyl sites for hydroxylation is 2. The first-order chi connectivity index (χ1) is 10.7. The lowest BCUT2D eigenvalue weighted by atomic mass is 10.3. The molecule has 0 aromatic carbocycles. The highest BCUT2D eigenvalue weighted by molar-refractivity contribution is 7.19. The lowest BCUT2D eigenvalue weighted by molar-refractivity contribution is 0.253. The monoisotopic (exact) mass is 314 g/mol. The van der Waals surface area contributed by atoms with E-state index in [4.69, 9.17) is 0 Å². The third kappa shape index (κ3) is 2.86. The van der Waals surface area contributed by atoms with E-state index in [0.717, 1.165) is 28.5 Å². The second-order valence-corrected chi connectivity index (χ2v) is 5.54. The Morgan fingerprint density at radius 2 is 2.23 bits per heavy atom. The van der Waals surface area contributed by atoms with Crippen molar-refractivity contribution in [2.24, 2.45) is 0 Å². The predicted octanol–water partition coefficient (Wildman–Crippen LogP) is 2.75. The van der Waals surface area contributed by atoms with Crippen molar-refractivity contribution in [3.63, 3.8) is 0 Å². The first-order valence-electron chi connectivity index (χ1n) is 6.76. The zero-order valence-corrected chi connectivity index (χ0v) is 13.0. The fourth-order valence-corrected chi connectivity index (χ4v) is 2.84. The predicted molar refractivity (Wildman–Crippen MR) is 83.9 cm³/mol. The van der Waals surface area contributed by atoms with Gasteiger partial charge in [-0.25, -0.2) is 24.7 Å². The van der Waals surface area contributed by atoms with E-state index >= 15 is 0 Å². The molecule has 0 unspecified atom stereocenters. The molecule has 0 aliphatic heterocycles. The zero-order chi connectivity index (χ0) is 15.5. The van der Waals surface area contributed by atoms with Gasteiger partial charge in [0.15, 0.2) is 5.13 Å². The van der Waals surface area contributed by atoms with Crippen molar-refractivity contribution in [2.75, 3.05) is 5.32 Å². The number of rotatable bonds is 3. The number of nitrogens with zero attached hydrogens (tertiary/aromatic N) is 5. The Morgan fingerprint density at radius 1 is 1.36 bits per heavy atom. The summed E-state index contributed by atoms with van der Waals surface area (Å²) in [5, 5.41) is 3.28. The van der Waals surface area contributed by atoms with Crippen LogP contribution in [0.15, 0.2) is 31.0 Å². The summed E-state index contributed by atoms with van der Waals surface area (Å²) >= 11 is 1.39. The van der Waals surface area contributed by atoms with Gasteiger partial charge in [0, 0.05) is 25.0 Å². The van der Waals surface area contributed by atoms with Gasteiger partial charge in [-0.05, 0) is 13.0 Å². The Labute approximate surface area is 131 Å². The Kier molecular flexibility index (Phi) is 3.92. The fraction of sp³-hybridized carbons (Fsp3) is 0.214. The summed E-state index contributed by atoms with van der Waals surface area (Å²) in [6.07, 6.45) is 7.08. The van der Waals surface area contributed by atoms with Gasteiger partial charge in [0.05, 0.1) is 16.3 Å². The minimum absolute atomic E-state index is 0.297. The number of imidazole rings is 1. The lowest BCUT2D eigenvalue weighted by Crippen LogP contribution is -2.17. The SMILES string of the molecule is CCc1nccc(-c2sc(NC(=O)n3ccnc3)nc2C)n1. The molecule has 0 saturated heterocycles. The van der Waals surface area contributed by atoms with Crippen LogP contribution in [0.2, 0.25) is 0 Å². The van der Waals surface area contributed by atoms with Crippen LogP contribution in [0.5, 0.6) is 0 Å². The first-order valence-corrected chi connectivity index (χ1v) is 7.58. The maximum atomic E-state index is 12.0. The molecular formula is C14H14N6OS. The Bertz CT molecular complexity index is 796. The fourth-order valence-electron chi connectivity index (χ4n) is 1.92. The molecule has 0 bridgehead atoms. The number of hydrogen-bond acceptors (Lipinski definition) is 6. The van der Waals surface area contributed by atoms with Crippen molar-refractivity contribution in [3.05, 3.63) is 42.5 Å². The van der Waals surface area contributed by atoms with Crippen molar-refractivity contribution >= 4 is 22.5 Å². The van der Waals surface area contributed by atoms with Crippen molar-refractivity contribution in [1.82, 2.24) is 24.5 Å². The molecule has 0 spiro atoms. The standard InChI is InChI=1S/C14H14N6OS/c1-3-11-16-5-4-10(18-11)12-9(2)17-13(22-12)19-14(21)20-7-6-15-8-20/h4-8H,3H2,1-2H3,(H,17,19,21). The van der Waals surface area contributed by atoms with Crippen LogP contribution in [0, 0.1) is 6.92 Å². The maximum Gasteiger partial charge on any atom is 0.333 e. The number of hydrogen-bond donors (Lipinski definition) is 1. The zero-order valence-electron chi connectivity index (χ0n) is 12.1. The van der Waals surface area contributed by atoms with E-state index in [1.54, 1.807) is 18.6 Å². The molecule has 0 atom stereocenters. The lowest BCUT2D eigenvalue weighted by Gasteiger charge is -2.00. The van der Waals surface area contributed by atoms with E-state index in [-0.39, 0.29) is 6.03 Å². The van der Waals surface area contributed by atoms with Gasteiger partial charge in [-0.15, -0.1) is 0 Å². The summed E-state index contributed by atoms with van der Waals surface area (Å²) in [6, 6.07) is 1.55. The molecule has 3 aromatic heterocycles. The largest absolute Gasteiger partial charge is 0.333 e. The van der Waals surface area contributed by atoms with Crippen LogP contribution >= 0.6 is 11.3 Å². The number of carbonyl (C=O) groups is 1. The van der Waals surface area contributed by atoms with E-state index in [1.807, 2.05) is 19.9 Å². The molecule has 3 aromatic rings. The third-order valence-electron chi connectivity index (χ3n) is 3.00. The molecule has 22 heavy (non-hydrogen) atoms. The van der Waals surface area contributed by atoms with Gasteiger partial charge in [-0.3, -0.25) is 9.88 Å². The van der Waals surface area contributed by atoms with Crippen molar-refractivity contribution < 1.29 is 4.79 Å². The van der Waals surface area contributed by atoms with E-state index in [2.05, 4.69) is 25.3 Å². The van der Waals surface area contributed by atoms with Crippen molar-refractivity contribution in [1.29, 1.82) is 0 Å². The molecule has 3 rings (SSSR count). The van der Waals surface area contributed by atoms with Crippen molar-refractivity contribution in [3.8, 4) is 10.6 Å². The van der Waals surface area contributed by atoms with E-state index in [9.17, 15) is 4.79 Å². The first kappa shape index (κ1) is 14.3. The molecule has 0 saturated carbocycles. The number of nitrogens with one attached hydrogen (secondary N) is 1. The van der Waals surface area contributed by atoms with Crippen LogP contribution in [0.1, 0.15) is 18.4 Å². The highest BCUT2D eigenvalue weighted by Crippen LogP contribution is 2.31. The van der Waals surface area contributed by atoms with Gasteiger partial charge in [-0.2, -0.15) is 0 Å². The number of aromatic nitrogens is 5. The van der Waals surface area contributed by atoms with Crippen LogP contribution in [0.4, 0.5) is 9.93 Å². The summed E-state index contributed by atoms with van der Waals surface area (Å²) in [5.41, 5.74) is 1.65. The number of amides is 1. The summed E-state index contributed by atoms with van der Waals surface area (Å²) in [5.74, 6) is 0.786. The Balaban J connectivity index is 1.86. The average Bonchev–Trinajstić information content (AvgIpc) is 3.17. The van der Waals surface area contributed by atoms with Gasteiger partial charge >= 0.3 is 6.03 Å². The molecule has 112 valence electrons. The third-order valence-corrected chi connectivity index (χ3v) is 4.10. The summed E-state index contributed by atoms with van der Waals surface area (Å²) in [7, 11) is 0. The van der Waals surface area contributed by atoms with Crippen LogP contribution in [0.3, 0.4) is 0 Å². The maximum absolute atomic E-state index is 12.0. The summed E-state index contributed by atoms with van der Waals surface area (Å²) < 4.78 is 1.36. The second kappa shape index (κ2) is 6.02. The number of carbonyl (C=O) groups excluding carboxylic acids is 1. The average molecular weight is 314 g/mol. The van der Waals surface area contributed by atoms with Gasteiger partial charge in [0.1, 0.15) is 12.2 Å². The van der Waals surface area contributed by atoms with E-state index in [0.29, 0.717) is 5.13 Å². The van der Waals surface area contributed by atoms with E-state index in [1.165, 1.54) is 22.2 Å². The van der Waals surface area contributed by atoms with Gasteiger partial charge in [0.2, 0.25) is 0 Å². The smallest absolute Gasteiger partial charge is 0.283 e. The topological polar surface area (TPSA) is 85.6 Å². The molecule has 0 fully saturated rings. The summed E-state index contributed by atoms with van der Waals surface area (Å²) in [4.78, 5) is 29.8. The quantitative estimate of drug-likeness (QED) is 0.803. The number of thiazole rings is 1. The van der Waals surface area contributed by atoms with Gasteiger partial charge in [-0.1, -0.05) is 18.3 Å². The molecule has 8 heteroatoms. The van der Waals surface area contributed by atoms with E-state index < -0.39 is 0 Å². The normalized spacial score (nSPS) is 10.6. The van der Waals surface area contributed by atoms with Crippen LogP contribution < -0.4 is 5.32 Å². The second-order valence-electron chi connectivity index (χ2n) is 4.55. The molecule has 7 nitrogen and oxygen atoms in total. The highest BCUT2D eigenvalue weighted by atomic mass is 32.1. The summed E-state index contributed by atoms with van der Waals surface area (Å²) in [6.45, 7) is 3.90. The highest BCUT2D eigenvalue weighted by Gasteiger charge is 2.14.